The fraction of sp³-hybridized carbons (Fsp3) is 0.250. The lowest BCUT2D eigenvalue weighted by Gasteiger charge is -2.08. The van der Waals surface area contributed by atoms with Gasteiger partial charge in [-0.3, -0.25) is 4.68 Å². The maximum atomic E-state index is 11.4. The third-order valence-electron chi connectivity index (χ3n) is 2.75. The molecule has 3 N–H and O–H groups in total. The summed E-state index contributed by atoms with van der Waals surface area (Å²) in [5.74, 6) is 0. The Morgan fingerprint density at radius 2 is 2.16 bits per heavy atom. The first kappa shape index (κ1) is 13.6. The summed E-state index contributed by atoms with van der Waals surface area (Å²) in [7, 11) is -1.85. The van der Waals surface area contributed by atoms with Gasteiger partial charge in [0.2, 0.25) is 10.0 Å². The Hall–Kier alpha value is -1.86. The van der Waals surface area contributed by atoms with Crippen LogP contribution in [-0.2, 0) is 23.6 Å². The molecule has 1 aromatic heterocycles. The first-order valence-corrected chi connectivity index (χ1v) is 7.26. The van der Waals surface area contributed by atoms with Crippen LogP contribution in [0.3, 0.4) is 0 Å². The number of hydrogen-bond donors (Lipinski definition) is 2. The highest BCUT2D eigenvalue weighted by molar-refractivity contribution is 7.89. The van der Waals surface area contributed by atoms with E-state index in [0.29, 0.717) is 17.8 Å². The summed E-state index contributed by atoms with van der Waals surface area (Å²) < 4.78 is 24.6. The van der Waals surface area contributed by atoms with Crippen LogP contribution in [0.4, 0.5) is 5.69 Å². The van der Waals surface area contributed by atoms with Crippen molar-refractivity contribution in [1.82, 2.24) is 9.78 Å². The van der Waals surface area contributed by atoms with Crippen LogP contribution in [0.5, 0.6) is 0 Å². The van der Waals surface area contributed by atoms with E-state index in [2.05, 4.69) is 10.4 Å². The van der Waals surface area contributed by atoms with E-state index in [4.69, 9.17) is 5.14 Å². The third kappa shape index (κ3) is 3.33. The van der Waals surface area contributed by atoms with Crippen molar-refractivity contribution in [2.75, 3.05) is 5.32 Å². The standard InChI is InChI=1S/C12H16N4O2S/c1-9-3-4-11(5-12(9)19(13,17)18)14-6-10-7-15-16(2)8-10/h3-5,7-8,14H,6H2,1-2H3,(H2,13,17,18). The van der Waals surface area contributed by atoms with Gasteiger partial charge in [0.05, 0.1) is 11.1 Å². The van der Waals surface area contributed by atoms with Crippen molar-refractivity contribution in [3.05, 3.63) is 41.7 Å². The fourth-order valence-electron chi connectivity index (χ4n) is 1.78. The number of sulfonamides is 1. The summed E-state index contributed by atoms with van der Waals surface area (Å²) in [6.07, 6.45) is 3.64. The average Bonchev–Trinajstić information content (AvgIpc) is 2.72. The Kier molecular flexibility index (Phi) is 3.59. The van der Waals surface area contributed by atoms with Crippen molar-refractivity contribution < 1.29 is 8.42 Å². The minimum absolute atomic E-state index is 0.142. The quantitative estimate of drug-likeness (QED) is 0.873. The lowest BCUT2D eigenvalue weighted by atomic mass is 10.2. The van der Waals surface area contributed by atoms with Gasteiger partial charge >= 0.3 is 0 Å². The van der Waals surface area contributed by atoms with E-state index >= 15 is 0 Å². The molecule has 2 aromatic rings. The van der Waals surface area contributed by atoms with E-state index in [1.54, 1.807) is 29.9 Å². The van der Waals surface area contributed by atoms with Crippen LogP contribution in [0.25, 0.3) is 0 Å². The molecule has 0 radical (unpaired) electrons. The summed E-state index contributed by atoms with van der Waals surface area (Å²) >= 11 is 0. The van der Waals surface area contributed by atoms with Gasteiger partial charge in [-0.25, -0.2) is 13.6 Å². The average molecular weight is 280 g/mol. The summed E-state index contributed by atoms with van der Waals surface area (Å²) in [5.41, 5.74) is 2.35. The van der Waals surface area contributed by atoms with E-state index in [0.717, 1.165) is 5.56 Å². The highest BCUT2D eigenvalue weighted by Gasteiger charge is 2.11. The minimum Gasteiger partial charge on any atom is -0.381 e. The Morgan fingerprint density at radius 1 is 1.42 bits per heavy atom. The van der Waals surface area contributed by atoms with E-state index in [1.807, 2.05) is 19.3 Å². The Labute approximate surface area is 112 Å². The summed E-state index contributed by atoms with van der Waals surface area (Å²) in [5, 5.41) is 12.4. The van der Waals surface area contributed by atoms with Crippen molar-refractivity contribution in [2.45, 2.75) is 18.4 Å². The zero-order chi connectivity index (χ0) is 14.0. The number of hydrogen-bond acceptors (Lipinski definition) is 4. The predicted molar refractivity (Wildman–Crippen MR) is 73.1 cm³/mol. The molecule has 0 aliphatic carbocycles. The van der Waals surface area contributed by atoms with Crippen LogP contribution < -0.4 is 10.5 Å². The van der Waals surface area contributed by atoms with Gasteiger partial charge in [0.15, 0.2) is 0 Å². The molecule has 0 aliphatic heterocycles. The number of aromatic nitrogens is 2. The molecule has 0 bridgehead atoms. The topological polar surface area (TPSA) is 90.0 Å². The van der Waals surface area contributed by atoms with Gasteiger partial charge in [0.1, 0.15) is 0 Å². The van der Waals surface area contributed by atoms with E-state index in [9.17, 15) is 8.42 Å². The van der Waals surface area contributed by atoms with Crippen LogP contribution in [0.15, 0.2) is 35.5 Å². The molecule has 0 aliphatic rings. The van der Waals surface area contributed by atoms with Gasteiger partial charge in [-0.15, -0.1) is 0 Å². The summed E-state index contributed by atoms with van der Waals surface area (Å²) in [6, 6.07) is 5.09. The molecule has 19 heavy (non-hydrogen) atoms. The first-order valence-electron chi connectivity index (χ1n) is 5.71. The second kappa shape index (κ2) is 5.02. The highest BCUT2D eigenvalue weighted by Crippen LogP contribution is 2.19. The van der Waals surface area contributed by atoms with Crippen LogP contribution in [-0.4, -0.2) is 18.2 Å². The molecule has 6 nitrogen and oxygen atoms in total. The number of nitrogens with zero attached hydrogens (tertiary/aromatic N) is 2. The normalized spacial score (nSPS) is 11.5. The van der Waals surface area contributed by atoms with E-state index in [1.165, 1.54) is 0 Å². The van der Waals surface area contributed by atoms with Gasteiger partial charge in [-0.05, 0) is 24.6 Å². The molecule has 0 saturated heterocycles. The second-order valence-corrected chi connectivity index (χ2v) is 5.93. The maximum Gasteiger partial charge on any atom is 0.238 e. The molecule has 2 rings (SSSR count). The number of anilines is 1. The molecule has 0 unspecified atom stereocenters. The molecule has 1 aromatic carbocycles. The maximum absolute atomic E-state index is 11.4. The summed E-state index contributed by atoms with van der Waals surface area (Å²) in [6.45, 7) is 2.28. The Bertz CT molecular complexity index is 692. The zero-order valence-corrected chi connectivity index (χ0v) is 11.6. The first-order chi connectivity index (χ1) is 8.86. The second-order valence-electron chi connectivity index (χ2n) is 4.40. The van der Waals surface area contributed by atoms with E-state index < -0.39 is 10.0 Å². The Morgan fingerprint density at radius 3 is 2.74 bits per heavy atom. The molecule has 0 fully saturated rings. The highest BCUT2D eigenvalue weighted by atomic mass is 32.2. The molecule has 0 atom stereocenters. The van der Waals surface area contributed by atoms with Crippen molar-refractivity contribution in [3.8, 4) is 0 Å². The number of nitrogens with one attached hydrogen (secondary N) is 1. The van der Waals surface area contributed by atoms with Crippen LogP contribution >= 0.6 is 0 Å². The van der Waals surface area contributed by atoms with Crippen molar-refractivity contribution in [1.29, 1.82) is 0 Å². The minimum atomic E-state index is -3.69. The van der Waals surface area contributed by atoms with Gasteiger partial charge < -0.3 is 5.32 Å². The van der Waals surface area contributed by atoms with E-state index in [-0.39, 0.29) is 4.90 Å². The summed E-state index contributed by atoms with van der Waals surface area (Å²) in [4.78, 5) is 0.142. The number of primary sulfonamides is 1. The molecule has 0 spiro atoms. The molecule has 0 saturated carbocycles. The van der Waals surface area contributed by atoms with Crippen molar-refractivity contribution >= 4 is 15.7 Å². The third-order valence-corrected chi connectivity index (χ3v) is 3.80. The number of nitrogens with two attached hydrogens (primary N) is 1. The predicted octanol–water partition coefficient (Wildman–Crippen LogP) is 0.988. The fourth-order valence-corrected chi connectivity index (χ4v) is 2.59. The van der Waals surface area contributed by atoms with Crippen molar-refractivity contribution in [2.24, 2.45) is 12.2 Å². The number of benzene rings is 1. The van der Waals surface area contributed by atoms with Crippen LogP contribution in [0.2, 0.25) is 0 Å². The number of rotatable bonds is 4. The Balaban J connectivity index is 2.18. The number of aryl methyl sites for hydroxylation is 2. The van der Waals surface area contributed by atoms with Crippen LogP contribution in [0, 0.1) is 6.92 Å². The van der Waals surface area contributed by atoms with Gasteiger partial charge in [0, 0.05) is 31.0 Å². The van der Waals surface area contributed by atoms with Gasteiger partial charge in [-0.2, -0.15) is 5.10 Å². The molecular formula is C12H16N4O2S. The monoisotopic (exact) mass is 280 g/mol. The van der Waals surface area contributed by atoms with Crippen LogP contribution in [0.1, 0.15) is 11.1 Å². The largest absolute Gasteiger partial charge is 0.381 e. The van der Waals surface area contributed by atoms with Gasteiger partial charge in [0.25, 0.3) is 0 Å². The molecule has 102 valence electrons. The SMILES string of the molecule is Cc1ccc(NCc2cnn(C)c2)cc1S(N)(=O)=O. The lowest BCUT2D eigenvalue weighted by molar-refractivity contribution is 0.597. The molecule has 1 heterocycles. The smallest absolute Gasteiger partial charge is 0.238 e. The lowest BCUT2D eigenvalue weighted by Crippen LogP contribution is -2.14. The zero-order valence-electron chi connectivity index (χ0n) is 10.8. The molecule has 0 amide bonds. The van der Waals surface area contributed by atoms with Gasteiger partial charge in [-0.1, -0.05) is 6.07 Å². The molecular weight excluding hydrogens is 264 g/mol. The van der Waals surface area contributed by atoms with Crippen molar-refractivity contribution in [3.63, 3.8) is 0 Å². The molecule has 7 heteroatoms.